The third kappa shape index (κ3) is 2.42. The predicted octanol–water partition coefficient (Wildman–Crippen LogP) is 2.80. The zero-order valence-electron chi connectivity index (χ0n) is 11.8. The Morgan fingerprint density at radius 3 is 2.61 bits per heavy atom. The van der Waals surface area contributed by atoms with Crippen molar-refractivity contribution in [1.29, 1.82) is 0 Å². The van der Waals surface area contributed by atoms with E-state index >= 15 is 0 Å². The van der Waals surface area contributed by atoms with Gasteiger partial charge in [-0.2, -0.15) is 5.10 Å². The fourth-order valence-electron chi connectivity index (χ4n) is 2.70. The molecule has 1 saturated carbocycles. The maximum atomic E-state index is 12.2. The molecule has 1 heterocycles. The quantitative estimate of drug-likeness (QED) is 0.839. The van der Waals surface area contributed by atoms with E-state index in [2.05, 4.69) is 17.1 Å². The number of nitrogens with one attached hydrogen (secondary N) is 1. The van der Waals surface area contributed by atoms with E-state index in [0.717, 1.165) is 17.7 Å². The molecule has 0 saturated heterocycles. The van der Waals surface area contributed by atoms with E-state index in [1.807, 2.05) is 33.9 Å². The lowest BCUT2D eigenvalue weighted by atomic mass is 10.1. The summed E-state index contributed by atoms with van der Waals surface area (Å²) in [5.41, 5.74) is 1.75. The smallest absolute Gasteiger partial charge is 0.310 e. The minimum Gasteiger partial charge on any atom is -0.460 e. The summed E-state index contributed by atoms with van der Waals surface area (Å²) in [4.78, 5) is 12.2. The lowest BCUT2D eigenvalue weighted by Crippen LogP contribution is -2.25. The molecule has 4 heteroatoms. The van der Waals surface area contributed by atoms with Gasteiger partial charge in [0, 0.05) is 12.1 Å². The second-order valence-corrected chi connectivity index (χ2v) is 6.08. The largest absolute Gasteiger partial charge is 0.460 e. The van der Waals surface area contributed by atoms with Gasteiger partial charge in [0.05, 0.1) is 11.6 Å². The van der Waals surface area contributed by atoms with E-state index in [1.165, 1.54) is 0 Å². The van der Waals surface area contributed by atoms with Crippen LogP contribution in [0.15, 0.2) is 6.20 Å². The molecule has 0 spiro atoms. The molecule has 1 aromatic rings. The van der Waals surface area contributed by atoms with Crippen molar-refractivity contribution in [2.45, 2.75) is 52.6 Å². The van der Waals surface area contributed by atoms with Crippen molar-refractivity contribution >= 4 is 5.97 Å². The van der Waals surface area contributed by atoms with Gasteiger partial charge < -0.3 is 4.74 Å². The van der Waals surface area contributed by atoms with Crippen LogP contribution in [0.25, 0.3) is 0 Å². The van der Waals surface area contributed by atoms with Gasteiger partial charge in [-0.15, -0.1) is 0 Å². The Kier molecular flexibility index (Phi) is 3.21. The van der Waals surface area contributed by atoms with Gasteiger partial charge in [-0.25, -0.2) is 0 Å². The number of aryl methyl sites for hydroxylation is 1. The number of aromatic nitrogens is 2. The third-order valence-corrected chi connectivity index (χ3v) is 3.55. The van der Waals surface area contributed by atoms with Crippen LogP contribution in [-0.4, -0.2) is 21.8 Å². The van der Waals surface area contributed by atoms with Crippen LogP contribution < -0.4 is 0 Å². The molecule has 18 heavy (non-hydrogen) atoms. The average Bonchev–Trinajstić information content (AvgIpc) is 2.82. The second kappa shape index (κ2) is 4.41. The summed E-state index contributed by atoms with van der Waals surface area (Å²) in [6.07, 6.45) is 2.91. The zero-order chi connectivity index (χ0) is 13.5. The number of ether oxygens (including phenoxy) is 1. The summed E-state index contributed by atoms with van der Waals surface area (Å²) in [6.45, 7) is 9.82. The highest BCUT2D eigenvalue weighted by Crippen LogP contribution is 2.57. The summed E-state index contributed by atoms with van der Waals surface area (Å²) in [7, 11) is 0. The van der Waals surface area contributed by atoms with Gasteiger partial charge >= 0.3 is 5.97 Å². The molecule has 1 fully saturated rings. The molecule has 0 amide bonds. The number of hydrogen-bond donors (Lipinski definition) is 1. The van der Waals surface area contributed by atoms with Crippen molar-refractivity contribution in [3.63, 3.8) is 0 Å². The number of esters is 1. The van der Waals surface area contributed by atoms with Crippen LogP contribution in [0.3, 0.4) is 0 Å². The van der Waals surface area contributed by atoms with Crippen LogP contribution in [0.2, 0.25) is 0 Å². The third-order valence-electron chi connectivity index (χ3n) is 3.55. The molecular weight excluding hydrogens is 228 g/mol. The van der Waals surface area contributed by atoms with Crippen LogP contribution in [0, 0.1) is 18.8 Å². The van der Waals surface area contributed by atoms with Gasteiger partial charge in [0.25, 0.3) is 0 Å². The number of hydrogen-bond acceptors (Lipinski definition) is 3. The summed E-state index contributed by atoms with van der Waals surface area (Å²) in [5, 5.41) is 7.01. The molecule has 0 bridgehead atoms. The minimum atomic E-state index is -0.409. The summed E-state index contributed by atoms with van der Waals surface area (Å²) in [6, 6.07) is 0. The van der Waals surface area contributed by atoms with Gasteiger partial charge in [0.15, 0.2) is 0 Å². The van der Waals surface area contributed by atoms with E-state index in [4.69, 9.17) is 4.74 Å². The van der Waals surface area contributed by atoms with Gasteiger partial charge in [0.1, 0.15) is 5.60 Å². The molecule has 3 unspecified atom stereocenters. The molecule has 100 valence electrons. The average molecular weight is 250 g/mol. The monoisotopic (exact) mass is 250 g/mol. The van der Waals surface area contributed by atoms with Crippen molar-refractivity contribution in [1.82, 2.24) is 10.2 Å². The van der Waals surface area contributed by atoms with E-state index < -0.39 is 5.60 Å². The number of aromatic amines is 1. The van der Waals surface area contributed by atoms with Crippen LogP contribution in [0.4, 0.5) is 0 Å². The maximum Gasteiger partial charge on any atom is 0.310 e. The molecular formula is C14H22N2O2. The van der Waals surface area contributed by atoms with Crippen molar-refractivity contribution in [3.8, 4) is 0 Å². The molecule has 0 radical (unpaired) electrons. The van der Waals surface area contributed by atoms with Gasteiger partial charge in [-0.1, -0.05) is 13.3 Å². The molecule has 2 rings (SSSR count). The Balaban J connectivity index is 2.11. The first kappa shape index (κ1) is 13.1. The van der Waals surface area contributed by atoms with Gasteiger partial charge in [0.2, 0.25) is 0 Å². The molecule has 1 aromatic heterocycles. The SMILES string of the molecule is CCC1C(C(=O)OC(C)(C)C)C1c1c[nH]nc1C. The van der Waals surface area contributed by atoms with E-state index in [0.29, 0.717) is 5.92 Å². The topological polar surface area (TPSA) is 55.0 Å². The Morgan fingerprint density at radius 1 is 1.50 bits per heavy atom. The predicted molar refractivity (Wildman–Crippen MR) is 69.2 cm³/mol. The fraction of sp³-hybridized carbons (Fsp3) is 0.714. The van der Waals surface area contributed by atoms with Crippen LogP contribution in [0.5, 0.6) is 0 Å². The van der Waals surface area contributed by atoms with Crippen molar-refractivity contribution < 1.29 is 9.53 Å². The Morgan fingerprint density at radius 2 is 2.17 bits per heavy atom. The van der Waals surface area contributed by atoms with E-state index in [-0.39, 0.29) is 17.8 Å². The van der Waals surface area contributed by atoms with Crippen molar-refractivity contribution in [2.24, 2.45) is 11.8 Å². The van der Waals surface area contributed by atoms with E-state index in [1.54, 1.807) is 0 Å². The summed E-state index contributed by atoms with van der Waals surface area (Å²) in [5.74, 6) is 0.616. The molecule has 1 N–H and O–H groups in total. The van der Waals surface area contributed by atoms with Crippen LogP contribution >= 0.6 is 0 Å². The van der Waals surface area contributed by atoms with E-state index in [9.17, 15) is 4.79 Å². The minimum absolute atomic E-state index is 0.00512. The van der Waals surface area contributed by atoms with Crippen LogP contribution in [0.1, 0.15) is 51.3 Å². The van der Waals surface area contributed by atoms with Crippen molar-refractivity contribution in [3.05, 3.63) is 17.5 Å². The van der Waals surface area contributed by atoms with Crippen molar-refractivity contribution in [2.75, 3.05) is 0 Å². The number of nitrogens with zero attached hydrogens (tertiary/aromatic N) is 1. The second-order valence-electron chi connectivity index (χ2n) is 6.08. The molecule has 4 nitrogen and oxygen atoms in total. The molecule has 3 atom stereocenters. The lowest BCUT2D eigenvalue weighted by Gasteiger charge is -2.19. The lowest BCUT2D eigenvalue weighted by molar-refractivity contribution is -0.157. The first-order valence-corrected chi connectivity index (χ1v) is 6.58. The number of rotatable bonds is 3. The van der Waals surface area contributed by atoms with Crippen LogP contribution in [-0.2, 0) is 9.53 Å². The highest BCUT2D eigenvalue weighted by molar-refractivity contribution is 5.78. The summed E-state index contributed by atoms with van der Waals surface area (Å²) >= 11 is 0. The fourth-order valence-corrected chi connectivity index (χ4v) is 2.70. The number of carbonyl (C=O) groups is 1. The standard InChI is InChI=1S/C14H22N2O2/c1-6-9-11(10-7-15-16-8(10)2)12(9)13(17)18-14(3,4)5/h7,9,11-12H,6H2,1-5H3,(H,15,16). The van der Waals surface area contributed by atoms with Gasteiger partial charge in [-0.3, -0.25) is 9.89 Å². The Hall–Kier alpha value is -1.32. The van der Waals surface area contributed by atoms with Gasteiger partial charge in [-0.05, 0) is 39.2 Å². The first-order valence-electron chi connectivity index (χ1n) is 6.58. The molecule has 1 aliphatic carbocycles. The molecule has 0 aromatic carbocycles. The first-order chi connectivity index (χ1) is 8.35. The Labute approximate surface area is 108 Å². The molecule has 1 aliphatic rings. The highest BCUT2D eigenvalue weighted by atomic mass is 16.6. The molecule has 0 aliphatic heterocycles. The normalized spacial score (nSPS) is 27.1. The maximum absolute atomic E-state index is 12.2. The number of carbonyl (C=O) groups excluding carboxylic acids is 1. The highest BCUT2D eigenvalue weighted by Gasteiger charge is 2.56. The zero-order valence-corrected chi connectivity index (χ0v) is 11.8. The number of H-pyrrole nitrogens is 1. The summed E-state index contributed by atoms with van der Waals surface area (Å²) < 4.78 is 5.49. The Bertz CT molecular complexity index is 445.